The van der Waals surface area contributed by atoms with E-state index in [1.807, 2.05) is 0 Å². The van der Waals surface area contributed by atoms with E-state index < -0.39 is 8.32 Å². The van der Waals surface area contributed by atoms with Crippen LogP contribution in [0.2, 0.25) is 19.1 Å². The third-order valence-electron chi connectivity index (χ3n) is 4.28. The molecular weight excluding hydrogens is 270 g/mol. The maximum atomic E-state index is 5.92. The normalized spacial score (nSPS) is 27.6. The van der Waals surface area contributed by atoms with Crippen LogP contribution >= 0.6 is 0 Å². The van der Waals surface area contributed by atoms with Crippen molar-refractivity contribution < 1.29 is 13.9 Å². The Bertz CT molecular complexity index is 260. The molecule has 2 atom stereocenters. The van der Waals surface area contributed by atoms with E-state index >= 15 is 0 Å². The number of hydrogen-bond donors (Lipinski definition) is 0. The van der Waals surface area contributed by atoms with Gasteiger partial charge in [0.15, 0.2) is 8.32 Å². The lowest BCUT2D eigenvalue weighted by molar-refractivity contribution is -0.116. The summed E-state index contributed by atoms with van der Waals surface area (Å²) in [5.41, 5.74) is 0. The fourth-order valence-electron chi connectivity index (χ4n) is 3.27. The minimum atomic E-state index is -1.46. The van der Waals surface area contributed by atoms with Crippen molar-refractivity contribution >= 4 is 8.32 Å². The SMILES string of the molecule is CCO[Si](C)(C)CCCN(C1CCCO1)C1CCCO1. The van der Waals surface area contributed by atoms with E-state index in [1.54, 1.807) is 0 Å². The van der Waals surface area contributed by atoms with Gasteiger partial charge in [0.25, 0.3) is 0 Å². The van der Waals surface area contributed by atoms with Gasteiger partial charge in [-0.05, 0) is 58.2 Å². The van der Waals surface area contributed by atoms with Gasteiger partial charge in [-0.2, -0.15) is 0 Å². The van der Waals surface area contributed by atoms with Crippen molar-refractivity contribution in [1.29, 1.82) is 0 Å². The molecule has 2 saturated heterocycles. The van der Waals surface area contributed by atoms with Crippen molar-refractivity contribution in [2.24, 2.45) is 0 Å². The first-order valence-electron chi connectivity index (χ1n) is 8.25. The van der Waals surface area contributed by atoms with E-state index in [0.29, 0.717) is 0 Å². The summed E-state index contributed by atoms with van der Waals surface area (Å²) >= 11 is 0. The zero-order chi connectivity index (χ0) is 14.4. The Kier molecular flexibility index (Phi) is 6.48. The molecule has 2 fully saturated rings. The lowest BCUT2D eigenvalue weighted by atomic mass is 10.2. The second-order valence-electron chi connectivity index (χ2n) is 6.47. The molecule has 0 saturated carbocycles. The Morgan fingerprint density at radius 3 is 2.15 bits per heavy atom. The second kappa shape index (κ2) is 7.89. The standard InChI is InChI=1S/C15H31NO3Si/c1-4-19-20(2,3)13-7-10-16(14-8-5-11-17-14)15-9-6-12-18-15/h14-15H,4-13H2,1-3H3. The van der Waals surface area contributed by atoms with E-state index in [2.05, 4.69) is 24.9 Å². The summed E-state index contributed by atoms with van der Waals surface area (Å²) in [6.45, 7) is 10.5. The van der Waals surface area contributed by atoms with Crippen LogP contribution in [-0.4, -0.2) is 52.0 Å². The van der Waals surface area contributed by atoms with Crippen LogP contribution in [0.1, 0.15) is 39.0 Å². The zero-order valence-corrected chi connectivity index (χ0v) is 14.4. The molecule has 2 aliphatic rings. The van der Waals surface area contributed by atoms with Gasteiger partial charge in [0.2, 0.25) is 0 Å². The van der Waals surface area contributed by atoms with Crippen LogP contribution in [0.4, 0.5) is 0 Å². The van der Waals surface area contributed by atoms with Crippen LogP contribution in [0.5, 0.6) is 0 Å². The molecule has 0 amide bonds. The molecule has 2 heterocycles. The van der Waals surface area contributed by atoms with E-state index in [0.717, 1.165) is 39.2 Å². The highest BCUT2D eigenvalue weighted by Crippen LogP contribution is 2.26. The fourth-order valence-corrected chi connectivity index (χ4v) is 5.20. The number of hydrogen-bond acceptors (Lipinski definition) is 4. The summed E-state index contributed by atoms with van der Waals surface area (Å²) < 4.78 is 17.7. The first-order valence-corrected chi connectivity index (χ1v) is 11.4. The molecule has 4 nitrogen and oxygen atoms in total. The van der Waals surface area contributed by atoms with Crippen LogP contribution in [0.15, 0.2) is 0 Å². The summed E-state index contributed by atoms with van der Waals surface area (Å²) in [5, 5.41) is 0. The van der Waals surface area contributed by atoms with Gasteiger partial charge in [0.05, 0.1) is 0 Å². The summed E-state index contributed by atoms with van der Waals surface area (Å²) in [7, 11) is -1.46. The summed E-state index contributed by atoms with van der Waals surface area (Å²) in [6, 6.07) is 1.22. The summed E-state index contributed by atoms with van der Waals surface area (Å²) in [5.74, 6) is 0. The highest BCUT2D eigenvalue weighted by Gasteiger charge is 2.32. The maximum absolute atomic E-state index is 5.92. The van der Waals surface area contributed by atoms with Crippen molar-refractivity contribution in [3.8, 4) is 0 Å². The van der Waals surface area contributed by atoms with Crippen molar-refractivity contribution in [2.45, 2.75) is 70.6 Å². The molecule has 0 aromatic heterocycles. The Morgan fingerprint density at radius 1 is 1.10 bits per heavy atom. The van der Waals surface area contributed by atoms with Gasteiger partial charge in [-0.1, -0.05) is 0 Å². The minimum Gasteiger partial charge on any atom is -0.418 e. The predicted molar refractivity (Wildman–Crippen MR) is 83.2 cm³/mol. The topological polar surface area (TPSA) is 30.9 Å². The van der Waals surface area contributed by atoms with Crippen molar-refractivity contribution in [3.05, 3.63) is 0 Å². The largest absolute Gasteiger partial charge is 0.418 e. The minimum absolute atomic E-state index is 0.287. The van der Waals surface area contributed by atoms with E-state index in [9.17, 15) is 0 Å². The van der Waals surface area contributed by atoms with E-state index in [4.69, 9.17) is 13.9 Å². The number of nitrogens with zero attached hydrogens (tertiary/aromatic N) is 1. The lowest BCUT2D eigenvalue weighted by Crippen LogP contribution is -2.44. The van der Waals surface area contributed by atoms with Gasteiger partial charge in [-0.15, -0.1) is 0 Å². The molecule has 0 aromatic rings. The highest BCUT2D eigenvalue weighted by molar-refractivity contribution is 6.71. The molecule has 0 radical (unpaired) electrons. The number of rotatable bonds is 8. The van der Waals surface area contributed by atoms with E-state index in [1.165, 1.54) is 25.3 Å². The van der Waals surface area contributed by atoms with Crippen LogP contribution < -0.4 is 0 Å². The molecule has 118 valence electrons. The maximum Gasteiger partial charge on any atom is 0.186 e. The van der Waals surface area contributed by atoms with Crippen LogP contribution in [0.25, 0.3) is 0 Å². The molecule has 2 unspecified atom stereocenters. The Morgan fingerprint density at radius 2 is 1.70 bits per heavy atom. The fraction of sp³-hybridized carbons (Fsp3) is 1.00. The van der Waals surface area contributed by atoms with Gasteiger partial charge in [0.1, 0.15) is 12.5 Å². The first-order chi connectivity index (χ1) is 9.62. The Labute approximate surface area is 124 Å². The molecule has 20 heavy (non-hydrogen) atoms. The quantitative estimate of drug-likeness (QED) is 0.644. The molecular formula is C15H31NO3Si. The zero-order valence-electron chi connectivity index (χ0n) is 13.4. The molecule has 2 aliphatic heterocycles. The molecule has 0 aliphatic carbocycles. The van der Waals surface area contributed by atoms with Crippen LogP contribution in [0, 0.1) is 0 Å². The van der Waals surface area contributed by atoms with Gasteiger partial charge in [0, 0.05) is 26.4 Å². The lowest BCUT2D eigenvalue weighted by Gasteiger charge is -2.33. The van der Waals surface area contributed by atoms with Crippen molar-refractivity contribution in [2.75, 3.05) is 26.4 Å². The van der Waals surface area contributed by atoms with Crippen LogP contribution in [-0.2, 0) is 13.9 Å². The van der Waals surface area contributed by atoms with Crippen LogP contribution in [0.3, 0.4) is 0 Å². The third kappa shape index (κ3) is 4.81. The first kappa shape index (κ1) is 16.4. The number of ether oxygens (including phenoxy) is 2. The summed E-state index contributed by atoms with van der Waals surface area (Å²) in [6.07, 6.45) is 6.46. The second-order valence-corrected chi connectivity index (χ2v) is 10.8. The molecule has 0 spiro atoms. The third-order valence-corrected chi connectivity index (χ3v) is 6.91. The Hall–Kier alpha value is 0.0569. The smallest absolute Gasteiger partial charge is 0.186 e. The van der Waals surface area contributed by atoms with Gasteiger partial charge in [-0.3, -0.25) is 4.90 Å². The summed E-state index contributed by atoms with van der Waals surface area (Å²) in [4.78, 5) is 2.47. The predicted octanol–water partition coefficient (Wildman–Crippen LogP) is 3.19. The van der Waals surface area contributed by atoms with E-state index in [-0.39, 0.29) is 12.5 Å². The molecule has 0 N–H and O–H groups in total. The van der Waals surface area contributed by atoms with Crippen molar-refractivity contribution in [1.82, 2.24) is 4.90 Å². The average Bonchev–Trinajstić information content (AvgIpc) is 3.08. The average molecular weight is 302 g/mol. The van der Waals surface area contributed by atoms with Gasteiger partial charge >= 0.3 is 0 Å². The van der Waals surface area contributed by atoms with Gasteiger partial charge in [-0.25, -0.2) is 0 Å². The molecule has 0 bridgehead atoms. The van der Waals surface area contributed by atoms with Gasteiger partial charge < -0.3 is 13.9 Å². The monoisotopic (exact) mass is 301 g/mol. The molecule has 5 heteroatoms. The Balaban J connectivity index is 1.81. The molecule has 2 rings (SSSR count). The highest BCUT2D eigenvalue weighted by atomic mass is 28.4. The van der Waals surface area contributed by atoms with Crippen molar-refractivity contribution in [3.63, 3.8) is 0 Å². The molecule has 0 aromatic carbocycles.